The number of anilines is 1. The number of nitrogens with zero attached hydrogens (tertiary/aromatic N) is 3. The van der Waals surface area contributed by atoms with E-state index in [1.54, 1.807) is 11.3 Å². The van der Waals surface area contributed by atoms with Crippen molar-refractivity contribution >= 4 is 16.5 Å². The largest absolute Gasteiger partial charge is 0.396 e. The zero-order chi connectivity index (χ0) is 13.5. The normalized spacial score (nSPS) is 11.2. The monoisotopic (exact) mass is 273 g/mol. The molecule has 0 bridgehead atoms. The molecule has 0 radical (unpaired) electrons. The minimum atomic E-state index is 0.143. The molecule has 2 N–H and O–H groups in total. The van der Waals surface area contributed by atoms with Crippen molar-refractivity contribution < 1.29 is 10.2 Å². The van der Waals surface area contributed by atoms with Crippen molar-refractivity contribution in [1.82, 2.24) is 9.88 Å². The lowest BCUT2D eigenvalue weighted by molar-refractivity contribution is 0.175. The second-order valence-corrected chi connectivity index (χ2v) is 5.54. The first-order valence-electron chi connectivity index (χ1n) is 6.16. The van der Waals surface area contributed by atoms with Crippen molar-refractivity contribution in [2.75, 3.05) is 45.3 Å². The van der Waals surface area contributed by atoms with E-state index in [1.165, 1.54) is 4.88 Å². The number of rotatable bonds is 8. The van der Waals surface area contributed by atoms with Gasteiger partial charge >= 0.3 is 0 Å². The molecule has 104 valence electrons. The summed E-state index contributed by atoms with van der Waals surface area (Å²) in [6.45, 7) is 4.57. The first-order chi connectivity index (χ1) is 8.58. The first-order valence-corrected chi connectivity index (χ1v) is 6.97. The van der Waals surface area contributed by atoms with Gasteiger partial charge in [0.2, 0.25) is 0 Å². The van der Waals surface area contributed by atoms with E-state index in [4.69, 9.17) is 10.2 Å². The minimum absolute atomic E-state index is 0.143. The fourth-order valence-corrected chi connectivity index (χ4v) is 2.69. The lowest BCUT2D eigenvalue weighted by Crippen LogP contribution is -2.28. The molecular formula is C12H23N3O2S. The van der Waals surface area contributed by atoms with Crippen molar-refractivity contribution in [3.05, 3.63) is 10.6 Å². The third kappa shape index (κ3) is 4.53. The Morgan fingerprint density at radius 2 is 1.89 bits per heavy atom. The predicted molar refractivity (Wildman–Crippen MR) is 75.2 cm³/mol. The molecule has 0 saturated carbocycles. The van der Waals surface area contributed by atoms with Crippen molar-refractivity contribution in [2.45, 2.75) is 19.9 Å². The van der Waals surface area contributed by atoms with Crippen molar-refractivity contribution in [3.63, 3.8) is 0 Å². The van der Waals surface area contributed by atoms with Crippen LogP contribution in [0.4, 0.5) is 5.13 Å². The average molecular weight is 273 g/mol. The van der Waals surface area contributed by atoms with Gasteiger partial charge in [0.1, 0.15) is 0 Å². The van der Waals surface area contributed by atoms with Crippen LogP contribution in [-0.4, -0.2) is 60.5 Å². The van der Waals surface area contributed by atoms with Crippen molar-refractivity contribution in [2.24, 2.45) is 0 Å². The van der Waals surface area contributed by atoms with E-state index in [0.717, 1.165) is 30.3 Å². The molecule has 0 fully saturated rings. The summed E-state index contributed by atoms with van der Waals surface area (Å²) in [7, 11) is 3.97. The summed E-state index contributed by atoms with van der Waals surface area (Å²) >= 11 is 1.68. The highest BCUT2D eigenvalue weighted by Gasteiger charge is 2.12. The summed E-state index contributed by atoms with van der Waals surface area (Å²) in [5.74, 6) is 0. The standard InChI is InChI=1S/C12H23N3O2S/c1-10-11(18-12(13-10)14(2)3)9-15(6-8-17)5-4-7-16/h16-17H,4-9H2,1-3H3. The Hall–Kier alpha value is -0.690. The molecule has 5 nitrogen and oxygen atoms in total. The number of aryl methyl sites for hydroxylation is 1. The zero-order valence-electron chi connectivity index (χ0n) is 11.4. The maximum Gasteiger partial charge on any atom is 0.185 e. The van der Waals surface area contributed by atoms with Crippen LogP contribution < -0.4 is 4.90 Å². The zero-order valence-corrected chi connectivity index (χ0v) is 12.2. The van der Waals surface area contributed by atoms with E-state index in [9.17, 15) is 0 Å². The molecular weight excluding hydrogens is 250 g/mol. The SMILES string of the molecule is Cc1nc(N(C)C)sc1CN(CCO)CCCO. The molecule has 1 heterocycles. The van der Waals surface area contributed by atoms with Gasteiger partial charge in [-0.3, -0.25) is 4.90 Å². The van der Waals surface area contributed by atoms with Gasteiger partial charge in [-0.05, 0) is 13.3 Å². The van der Waals surface area contributed by atoms with Crippen LogP contribution in [0.25, 0.3) is 0 Å². The average Bonchev–Trinajstić information content (AvgIpc) is 2.68. The van der Waals surface area contributed by atoms with Gasteiger partial charge in [-0.2, -0.15) is 0 Å². The summed E-state index contributed by atoms with van der Waals surface area (Å²) in [6.07, 6.45) is 0.735. The number of thiazole rings is 1. The van der Waals surface area contributed by atoms with Gasteiger partial charge in [-0.15, -0.1) is 11.3 Å². The van der Waals surface area contributed by atoms with Gasteiger partial charge in [0.25, 0.3) is 0 Å². The number of hydrogen-bond acceptors (Lipinski definition) is 6. The van der Waals surface area contributed by atoms with Crippen molar-refractivity contribution in [1.29, 1.82) is 0 Å². The van der Waals surface area contributed by atoms with Crippen LogP contribution in [-0.2, 0) is 6.54 Å². The van der Waals surface area contributed by atoms with E-state index in [2.05, 4.69) is 9.88 Å². The van der Waals surface area contributed by atoms with Crippen LogP contribution >= 0.6 is 11.3 Å². The second kappa shape index (κ2) is 7.68. The Morgan fingerprint density at radius 3 is 2.39 bits per heavy atom. The van der Waals surface area contributed by atoms with E-state index in [0.29, 0.717) is 6.54 Å². The van der Waals surface area contributed by atoms with Crippen LogP contribution in [0.1, 0.15) is 17.0 Å². The van der Waals surface area contributed by atoms with Crippen LogP contribution in [0.2, 0.25) is 0 Å². The lowest BCUT2D eigenvalue weighted by atomic mass is 10.3. The fourth-order valence-electron chi connectivity index (χ4n) is 1.66. The van der Waals surface area contributed by atoms with Gasteiger partial charge in [0.05, 0.1) is 12.3 Å². The molecule has 6 heteroatoms. The van der Waals surface area contributed by atoms with Gasteiger partial charge in [0.15, 0.2) is 5.13 Å². The molecule has 0 aliphatic carbocycles. The molecule has 1 rings (SSSR count). The molecule has 0 spiro atoms. The van der Waals surface area contributed by atoms with Crippen molar-refractivity contribution in [3.8, 4) is 0 Å². The Labute approximate surface area is 113 Å². The minimum Gasteiger partial charge on any atom is -0.396 e. The lowest BCUT2D eigenvalue weighted by Gasteiger charge is -2.20. The molecule has 1 aromatic rings. The maximum atomic E-state index is 9.05. The topological polar surface area (TPSA) is 59.8 Å². The fraction of sp³-hybridized carbons (Fsp3) is 0.750. The van der Waals surface area contributed by atoms with Crippen LogP contribution in [0.5, 0.6) is 0 Å². The molecule has 1 aromatic heterocycles. The number of hydrogen-bond donors (Lipinski definition) is 2. The molecule has 18 heavy (non-hydrogen) atoms. The Bertz CT molecular complexity index is 355. The van der Waals surface area contributed by atoms with E-state index in [1.807, 2.05) is 25.9 Å². The highest BCUT2D eigenvalue weighted by molar-refractivity contribution is 7.15. The van der Waals surface area contributed by atoms with E-state index < -0.39 is 0 Å². The summed E-state index contributed by atoms with van der Waals surface area (Å²) in [4.78, 5) is 9.89. The summed E-state index contributed by atoms with van der Waals surface area (Å²) in [5.41, 5.74) is 1.05. The van der Waals surface area contributed by atoms with Gasteiger partial charge < -0.3 is 15.1 Å². The Kier molecular flexibility index (Phi) is 6.56. The maximum absolute atomic E-state index is 9.05. The molecule has 0 unspecified atom stereocenters. The molecule has 0 saturated heterocycles. The van der Waals surface area contributed by atoms with E-state index in [-0.39, 0.29) is 13.2 Å². The Balaban J connectivity index is 2.67. The number of aliphatic hydroxyl groups excluding tert-OH is 2. The molecule has 0 aromatic carbocycles. The predicted octanol–water partition coefficient (Wildman–Crippen LogP) is 0.694. The summed E-state index contributed by atoms with van der Waals surface area (Å²) in [6, 6.07) is 0. The van der Waals surface area contributed by atoms with E-state index >= 15 is 0 Å². The molecule has 0 atom stereocenters. The molecule has 0 amide bonds. The number of aromatic nitrogens is 1. The summed E-state index contributed by atoms with van der Waals surface area (Å²) < 4.78 is 0. The third-order valence-corrected chi connectivity index (χ3v) is 3.99. The van der Waals surface area contributed by atoms with Crippen LogP contribution in [0.15, 0.2) is 0 Å². The highest BCUT2D eigenvalue weighted by Crippen LogP contribution is 2.25. The van der Waals surface area contributed by atoms with Gasteiger partial charge in [0, 0.05) is 45.2 Å². The highest BCUT2D eigenvalue weighted by atomic mass is 32.1. The molecule has 0 aliphatic rings. The van der Waals surface area contributed by atoms with Crippen LogP contribution in [0, 0.1) is 6.92 Å². The molecule has 0 aliphatic heterocycles. The smallest absolute Gasteiger partial charge is 0.185 e. The Morgan fingerprint density at radius 1 is 1.17 bits per heavy atom. The number of aliphatic hydroxyl groups is 2. The van der Waals surface area contributed by atoms with Crippen LogP contribution in [0.3, 0.4) is 0 Å². The first kappa shape index (κ1) is 15.4. The van der Waals surface area contributed by atoms with Gasteiger partial charge in [-0.25, -0.2) is 4.98 Å². The second-order valence-electron chi connectivity index (χ2n) is 4.48. The van der Waals surface area contributed by atoms with Gasteiger partial charge in [-0.1, -0.05) is 0 Å². The quantitative estimate of drug-likeness (QED) is 0.730. The third-order valence-electron chi connectivity index (χ3n) is 2.68. The summed E-state index contributed by atoms with van der Waals surface area (Å²) in [5, 5.41) is 18.9.